The summed E-state index contributed by atoms with van der Waals surface area (Å²) in [4.78, 5) is 15.9. The Balaban J connectivity index is 2.18. The summed E-state index contributed by atoms with van der Waals surface area (Å²) in [5.74, 6) is -0.278. The number of nitrogens with one attached hydrogen (secondary N) is 1. The first-order chi connectivity index (χ1) is 8.56. The first kappa shape index (κ1) is 13.1. The third-order valence-electron chi connectivity index (χ3n) is 2.36. The van der Waals surface area contributed by atoms with E-state index >= 15 is 0 Å². The monoisotopic (exact) mass is 324 g/mol. The highest BCUT2D eigenvalue weighted by Crippen LogP contribution is 2.20. The van der Waals surface area contributed by atoms with Crippen molar-refractivity contribution in [1.82, 2.24) is 4.98 Å². The van der Waals surface area contributed by atoms with Crippen molar-refractivity contribution in [2.75, 3.05) is 5.32 Å². The van der Waals surface area contributed by atoms with Crippen LogP contribution in [0.15, 0.2) is 40.9 Å². The first-order valence-corrected chi connectivity index (χ1v) is 6.43. The van der Waals surface area contributed by atoms with E-state index in [1.54, 1.807) is 18.2 Å². The average molecular weight is 326 g/mol. The van der Waals surface area contributed by atoms with E-state index in [9.17, 15) is 4.79 Å². The zero-order valence-electron chi connectivity index (χ0n) is 9.58. The molecule has 18 heavy (non-hydrogen) atoms. The largest absolute Gasteiger partial charge is 0.321 e. The van der Waals surface area contributed by atoms with Crippen LogP contribution in [0.25, 0.3) is 0 Å². The fourth-order valence-corrected chi connectivity index (χ4v) is 1.86. The fourth-order valence-electron chi connectivity index (χ4n) is 1.45. The molecule has 0 bridgehead atoms. The smallest absolute Gasteiger partial charge is 0.274 e. The zero-order chi connectivity index (χ0) is 13.1. The quantitative estimate of drug-likeness (QED) is 0.846. The molecule has 1 heterocycles. The molecule has 0 aliphatic carbocycles. The van der Waals surface area contributed by atoms with Gasteiger partial charge in [0.2, 0.25) is 0 Å². The van der Waals surface area contributed by atoms with Crippen molar-refractivity contribution in [2.45, 2.75) is 6.92 Å². The number of halogens is 2. The predicted octanol–water partition coefficient (Wildman–Crippen LogP) is 4.06. The topological polar surface area (TPSA) is 42.0 Å². The Bertz CT molecular complexity index is 601. The van der Waals surface area contributed by atoms with Crippen LogP contribution in [0.1, 0.15) is 16.1 Å². The second-order valence-electron chi connectivity index (χ2n) is 3.76. The van der Waals surface area contributed by atoms with Crippen LogP contribution in [0.3, 0.4) is 0 Å². The van der Waals surface area contributed by atoms with Crippen LogP contribution in [-0.4, -0.2) is 10.9 Å². The maximum Gasteiger partial charge on any atom is 0.274 e. The molecule has 0 spiro atoms. The Labute approximate surface area is 118 Å². The number of anilines is 1. The molecular weight excluding hydrogens is 316 g/mol. The highest BCUT2D eigenvalue weighted by Gasteiger charge is 2.08. The van der Waals surface area contributed by atoms with Gasteiger partial charge in [-0.15, -0.1) is 0 Å². The number of rotatable bonds is 2. The summed E-state index contributed by atoms with van der Waals surface area (Å²) in [6, 6.07) is 10.5. The molecule has 0 saturated heterocycles. The highest BCUT2D eigenvalue weighted by molar-refractivity contribution is 9.10. The molecule has 0 atom stereocenters. The molecule has 0 saturated carbocycles. The minimum absolute atomic E-state index is 0.278. The molecule has 0 aliphatic heterocycles. The SMILES string of the molecule is Cc1cc(NC(=O)c2cccc(Cl)n2)ccc1Br. The number of benzene rings is 1. The van der Waals surface area contributed by atoms with Gasteiger partial charge in [-0.3, -0.25) is 4.79 Å². The third-order valence-corrected chi connectivity index (χ3v) is 3.46. The predicted molar refractivity (Wildman–Crippen MR) is 76.1 cm³/mol. The lowest BCUT2D eigenvalue weighted by molar-refractivity contribution is 0.102. The van der Waals surface area contributed by atoms with Crippen molar-refractivity contribution in [3.8, 4) is 0 Å². The molecule has 1 amide bonds. The molecule has 0 unspecified atom stereocenters. The lowest BCUT2D eigenvalue weighted by Gasteiger charge is -2.06. The summed E-state index contributed by atoms with van der Waals surface area (Å²) in [5, 5.41) is 3.07. The minimum atomic E-state index is -0.278. The number of aromatic nitrogens is 1. The summed E-state index contributed by atoms with van der Waals surface area (Å²) in [5.41, 5.74) is 2.07. The van der Waals surface area contributed by atoms with Crippen molar-refractivity contribution in [2.24, 2.45) is 0 Å². The highest BCUT2D eigenvalue weighted by atomic mass is 79.9. The Morgan fingerprint density at radius 1 is 1.33 bits per heavy atom. The third kappa shape index (κ3) is 3.09. The number of carbonyl (C=O) groups excluding carboxylic acids is 1. The summed E-state index contributed by atoms with van der Waals surface area (Å²) >= 11 is 9.15. The minimum Gasteiger partial charge on any atom is -0.321 e. The van der Waals surface area contributed by atoms with Crippen LogP contribution < -0.4 is 5.32 Å². The molecule has 2 rings (SSSR count). The number of nitrogens with zero attached hydrogens (tertiary/aromatic N) is 1. The standard InChI is InChI=1S/C13H10BrClN2O/c1-8-7-9(5-6-10(8)14)16-13(18)11-3-2-4-12(15)17-11/h2-7H,1H3,(H,16,18). The van der Waals surface area contributed by atoms with E-state index in [4.69, 9.17) is 11.6 Å². The molecule has 1 N–H and O–H groups in total. The molecule has 1 aromatic carbocycles. The molecule has 0 fully saturated rings. The van der Waals surface area contributed by atoms with Gasteiger partial charge >= 0.3 is 0 Å². The molecule has 0 aliphatic rings. The van der Waals surface area contributed by atoms with Gasteiger partial charge in [-0.2, -0.15) is 0 Å². The molecule has 0 radical (unpaired) electrons. The van der Waals surface area contributed by atoms with Crippen LogP contribution in [0.2, 0.25) is 5.15 Å². The van der Waals surface area contributed by atoms with Crippen molar-refractivity contribution >= 4 is 39.1 Å². The number of hydrogen-bond donors (Lipinski definition) is 1. The van der Waals surface area contributed by atoms with Crippen molar-refractivity contribution in [3.05, 3.63) is 57.3 Å². The second kappa shape index (κ2) is 5.50. The summed E-state index contributed by atoms with van der Waals surface area (Å²) < 4.78 is 1.00. The number of aryl methyl sites for hydroxylation is 1. The maximum atomic E-state index is 11.9. The molecule has 3 nitrogen and oxygen atoms in total. The van der Waals surface area contributed by atoms with Crippen molar-refractivity contribution in [1.29, 1.82) is 0 Å². The van der Waals surface area contributed by atoms with E-state index in [1.807, 2.05) is 25.1 Å². The van der Waals surface area contributed by atoms with Gasteiger partial charge in [0.25, 0.3) is 5.91 Å². The summed E-state index contributed by atoms with van der Waals surface area (Å²) in [6.07, 6.45) is 0. The normalized spacial score (nSPS) is 10.2. The van der Waals surface area contributed by atoms with E-state index in [0.717, 1.165) is 15.7 Å². The molecule has 2 aromatic rings. The molecule has 92 valence electrons. The van der Waals surface area contributed by atoms with Crippen LogP contribution in [0.4, 0.5) is 5.69 Å². The van der Waals surface area contributed by atoms with Crippen LogP contribution >= 0.6 is 27.5 Å². The van der Waals surface area contributed by atoms with Gasteiger partial charge in [0.05, 0.1) is 0 Å². The molecule has 5 heteroatoms. The van der Waals surface area contributed by atoms with E-state index < -0.39 is 0 Å². The first-order valence-electron chi connectivity index (χ1n) is 5.26. The van der Waals surface area contributed by atoms with Gasteiger partial charge < -0.3 is 5.32 Å². The number of hydrogen-bond acceptors (Lipinski definition) is 2. The number of amides is 1. The Kier molecular flexibility index (Phi) is 3.99. The van der Waals surface area contributed by atoms with E-state index in [1.165, 1.54) is 0 Å². The average Bonchev–Trinajstić information content (AvgIpc) is 2.34. The van der Waals surface area contributed by atoms with Gasteiger partial charge in [-0.05, 0) is 42.8 Å². The lowest BCUT2D eigenvalue weighted by Crippen LogP contribution is -2.13. The van der Waals surface area contributed by atoms with Gasteiger partial charge in [-0.1, -0.05) is 33.6 Å². The van der Waals surface area contributed by atoms with Crippen molar-refractivity contribution < 1.29 is 4.79 Å². The van der Waals surface area contributed by atoms with E-state index in [-0.39, 0.29) is 5.91 Å². The van der Waals surface area contributed by atoms with E-state index in [0.29, 0.717) is 10.8 Å². The maximum absolute atomic E-state index is 11.9. The Morgan fingerprint density at radius 3 is 2.78 bits per heavy atom. The van der Waals surface area contributed by atoms with Crippen LogP contribution in [0, 0.1) is 6.92 Å². The summed E-state index contributed by atoms with van der Waals surface area (Å²) in [7, 11) is 0. The van der Waals surface area contributed by atoms with Gasteiger partial charge in [0.15, 0.2) is 0 Å². The number of carbonyl (C=O) groups is 1. The molecular formula is C13H10BrClN2O. The molecule has 1 aromatic heterocycles. The van der Waals surface area contributed by atoms with E-state index in [2.05, 4.69) is 26.2 Å². The Morgan fingerprint density at radius 2 is 2.11 bits per heavy atom. The summed E-state index contributed by atoms with van der Waals surface area (Å²) in [6.45, 7) is 1.96. The van der Waals surface area contributed by atoms with Gasteiger partial charge in [0, 0.05) is 10.2 Å². The number of pyridine rings is 1. The van der Waals surface area contributed by atoms with Crippen molar-refractivity contribution in [3.63, 3.8) is 0 Å². The van der Waals surface area contributed by atoms with Crippen LogP contribution in [-0.2, 0) is 0 Å². The second-order valence-corrected chi connectivity index (χ2v) is 5.01. The lowest BCUT2D eigenvalue weighted by atomic mass is 10.2. The van der Waals surface area contributed by atoms with Crippen LogP contribution in [0.5, 0.6) is 0 Å². The van der Waals surface area contributed by atoms with Gasteiger partial charge in [-0.25, -0.2) is 4.98 Å². The van der Waals surface area contributed by atoms with Gasteiger partial charge in [0.1, 0.15) is 10.8 Å². The fraction of sp³-hybridized carbons (Fsp3) is 0.0769. The Hall–Kier alpha value is -1.39. The zero-order valence-corrected chi connectivity index (χ0v) is 11.9.